The average Bonchev–Trinajstić information content (AvgIpc) is 2.97. The summed E-state index contributed by atoms with van der Waals surface area (Å²) in [4.78, 5) is 28.3. The molecule has 8 nitrogen and oxygen atoms in total. The van der Waals surface area contributed by atoms with Gasteiger partial charge >= 0.3 is 0 Å². The molecule has 4 rings (SSSR count). The van der Waals surface area contributed by atoms with Crippen molar-refractivity contribution in [3.05, 3.63) is 48.0 Å². The number of hydrogen-bond donors (Lipinski definition) is 1. The van der Waals surface area contributed by atoms with Crippen LogP contribution in [-0.2, 0) is 14.8 Å². The van der Waals surface area contributed by atoms with Crippen LogP contribution in [-0.4, -0.2) is 50.8 Å². The topological polar surface area (TPSA) is 96.0 Å². The zero-order chi connectivity index (χ0) is 26.8. The van der Waals surface area contributed by atoms with Gasteiger partial charge in [0.05, 0.1) is 16.0 Å². The largest absolute Gasteiger partial charge is 0.490 e. The van der Waals surface area contributed by atoms with Crippen LogP contribution in [0.3, 0.4) is 0 Å². The predicted molar refractivity (Wildman–Crippen MR) is 145 cm³/mol. The van der Waals surface area contributed by atoms with E-state index < -0.39 is 15.4 Å². The maximum atomic E-state index is 13.3. The van der Waals surface area contributed by atoms with Gasteiger partial charge in [-0.15, -0.1) is 0 Å². The lowest BCUT2D eigenvalue weighted by Gasteiger charge is -2.28. The van der Waals surface area contributed by atoms with Crippen LogP contribution in [0.4, 0.5) is 11.4 Å². The van der Waals surface area contributed by atoms with Gasteiger partial charge in [0.1, 0.15) is 12.4 Å². The van der Waals surface area contributed by atoms with Crippen molar-refractivity contribution >= 4 is 33.2 Å². The van der Waals surface area contributed by atoms with Gasteiger partial charge < -0.3 is 15.0 Å². The minimum atomic E-state index is -3.56. The van der Waals surface area contributed by atoms with Gasteiger partial charge in [0, 0.05) is 30.9 Å². The third-order valence-electron chi connectivity index (χ3n) is 6.92. The highest BCUT2D eigenvalue weighted by Crippen LogP contribution is 2.38. The first-order valence-electron chi connectivity index (χ1n) is 13.0. The van der Waals surface area contributed by atoms with Crippen molar-refractivity contribution in [2.75, 3.05) is 36.5 Å². The Morgan fingerprint density at radius 1 is 1.05 bits per heavy atom. The highest BCUT2D eigenvalue weighted by atomic mass is 32.2. The number of benzene rings is 2. The molecule has 0 bridgehead atoms. The number of nitrogens with one attached hydrogen (secondary N) is 1. The number of sulfonamides is 1. The van der Waals surface area contributed by atoms with Crippen LogP contribution in [0.1, 0.15) is 63.7 Å². The van der Waals surface area contributed by atoms with Gasteiger partial charge in [-0.2, -0.15) is 4.31 Å². The molecule has 0 atom stereocenters. The van der Waals surface area contributed by atoms with Crippen LogP contribution in [0.25, 0.3) is 0 Å². The van der Waals surface area contributed by atoms with E-state index in [4.69, 9.17) is 4.74 Å². The molecule has 2 heterocycles. The van der Waals surface area contributed by atoms with Crippen molar-refractivity contribution in [3.8, 4) is 5.75 Å². The number of fused-ring (bicyclic) bond motifs is 1. The molecule has 0 aliphatic carbocycles. The van der Waals surface area contributed by atoms with Gasteiger partial charge in [-0.1, -0.05) is 20.3 Å². The lowest BCUT2D eigenvalue weighted by Crippen LogP contribution is -2.42. The van der Waals surface area contributed by atoms with Crippen LogP contribution in [0.15, 0.2) is 47.4 Å². The smallest absolute Gasteiger partial charge is 0.255 e. The predicted octanol–water partition coefficient (Wildman–Crippen LogP) is 4.91. The van der Waals surface area contributed by atoms with Crippen LogP contribution < -0.4 is 15.0 Å². The van der Waals surface area contributed by atoms with E-state index in [-0.39, 0.29) is 23.3 Å². The monoisotopic (exact) mass is 527 g/mol. The Morgan fingerprint density at radius 3 is 2.38 bits per heavy atom. The van der Waals surface area contributed by atoms with Gasteiger partial charge in [0.2, 0.25) is 15.9 Å². The Balaban J connectivity index is 1.53. The van der Waals surface area contributed by atoms with E-state index in [9.17, 15) is 18.0 Å². The number of carbonyl (C=O) groups excluding carboxylic acids is 2. The average molecular weight is 528 g/mol. The van der Waals surface area contributed by atoms with Crippen LogP contribution in [0.2, 0.25) is 0 Å². The Hall–Kier alpha value is -2.91. The molecule has 2 amide bonds. The quantitative estimate of drug-likeness (QED) is 0.552. The number of ether oxygens (including phenoxy) is 1. The molecule has 1 fully saturated rings. The molecule has 9 heteroatoms. The number of rotatable bonds is 7. The Morgan fingerprint density at radius 2 is 1.73 bits per heavy atom. The molecular formula is C28H37N3O5S. The van der Waals surface area contributed by atoms with Crippen molar-refractivity contribution in [2.45, 2.75) is 58.3 Å². The summed E-state index contributed by atoms with van der Waals surface area (Å²) in [6, 6.07) is 11.3. The molecule has 0 unspecified atom stereocenters. The molecule has 2 aliphatic rings. The zero-order valence-electron chi connectivity index (χ0n) is 22.1. The molecular weight excluding hydrogens is 490 g/mol. The standard InChI is InChI=1S/C28H37N3O5S/c1-20(2)14-17-31-24-18-22(10-13-25(24)36-19-28(3,4)27(31)33)29-26(32)21-8-11-23(12-9-21)37(34,35)30-15-6-5-7-16-30/h8-13,18,20H,5-7,14-17,19H2,1-4H3,(H,29,32). The minimum absolute atomic E-state index is 0.0131. The summed E-state index contributed by atoms with van der Waals surface area (Å²) in [5.74, 6) is 0.652. The molecule has 0 aromatic heterocycles. The number of piperidine rings is 1. The summed E-state index contributed by atoms with van der Waals surface area (Å²) in [7, 11) is -3.56. The van der Waals surface area contributed by atoms with Gasteiger partial charge in [0.25, 0.3) is 5.91 Å². The lowest BCUT2D eigenvalue weighted by atomic mass is 9.92. The lowest BCUT2D eigenvalue weighted by molar-refractivity contribution is -0.127. The Labute approximate surface area is 220 Å². The molecule has 2 aromatic carbocycles. The Bertz CT molecular complexity index is 1250. The molecule has 2 aromatic rings. The molecule has 2 aliphatic heterocycles. The number of nitrogens with zero attached hydrogens (tertiary/aromatic N) is 2. The van der Waals surface area contributed by atoms with E-state index in [2.05, 4.69) is 19.2 Å². The fraction of sp³-hybridized carbons (Fsp3) is 0.500. The number of carbonyl (C=O) groups is 2. The maximum absolute atomic E-state index is 13.3. The van der Waals surface area contributed by atoms with Crippen molar-refractivity contribution in [2.24, 2.45) is 11.3 Å². The molecule has 200 valence electrons. The summed E-state index contributed by atoms with van der Waals surface area (Å²) in [5, 5.41) is 2.88. The van der Waals surface area contributed by atoms with E-state index in [1.54, 1.807) is 23.1 Å². The fourth-order valence-electron chi connectivity index (χ4n) is 4.57. The second kappa shape index (κ2) is 10.8. The van der Waals surface area contributed by atoms with E-state index in [0.29, 0.717) is 48.2 Å². The first kappa shape index (κ1) is 27.1. The molecule has 1 N–H and O–H groups in total. The van der Waals surface area contributed by atoms with Crippen molar-refractivity contribution in [3.63, 3.8) is 0 Å². The van der Waals surface area contributed by atoms with Gasteiger partial charge in [-0.05, 0) is 81.5 Å². The second-order valence-electron chi connectivity index (χ2n) is 10.9. The van der Waals surface area contributed by atoms with Crippen molar-refractivity contribution in [1.29, 1.82) is 0 Å². The molecule has 1 saturated heterocycles. The van der Waals surface area contributed by atoms with Crippen LogP contribution in [0, 0.1) is 11.3 Å². The molecule has 0 spiro atoms. The third-order valence-corrected chi connectivity index (χ3v) is 8.83. The van der Waals surface area contributed by atoms with Gasteiger partial charge in [-0.3, -0.25) is 9.59 Å². The highest BCUT2D eigenvalue weighted by Gasteiger charge is 2.37. The van der Waals surface area contributed by atoms with Crippen LogP contribution >= 0.6 is 0 Å². The SMILES string of the molecule is CC(C)CCN1C(=O)C(C)(C)COc2ccc(NC(=O)c3ccc(S(=O)(=O)N4CCCCC4)cc3)cc21. The van der Waals surface area contributed by atoms with Gasteiger partial charge in [-0.25, -0.2) is 8.42 Å². The summed E-state index contributed by atoms with van der Waals surface area (Å²) in [6.07, 6.45) is 3.61. The maximum Gasteiger partial charge on any atom is 0.255 e. The van der Waals surface area contributed by atoms with E-state index >= 15 is 0 Å². The summed E-state index contributed by atoms with van der Waals surface area (Å²) >= 11 is 0. The molecule has 0 saturated carbocycles. The first-order chi connectivity index (χ1) is 17.5. The van der Waals surface area contributed by atoms with Crippen molar-refractivity contribution in [1.82, 2.24) is 4.31 Å². The first-order valence-corrected chi connectivity index (χ1v) is 14.4. The van der Waals surface area contributed by atoms with E-state index in [1.165, 1.54) is 28.6 Å². The van der Waals surface area contributed by atoms with Crippen molar-refractivity contribution < 1.29 is 22.7 Å². The number of hydrogen-bond acceptors (Lipinski definition) is 5. The molecule has 0 radical (unpaired) electrons. The van der Waals surface area contributed by atoms with E-state index in [1.807, 2.05) is 13.8 Å². The summed E-state index contributed by atoms with van der Waals surface area (Å²) < 4.78 is 33.3. The summed E-state index contributed by atoms with van der Waals surface area (Å²) in [6.45, 7) is 9.87. The van der Waals surface area contributed by atoms with Crippen LogP contribution in [0.5, 0.6) is 5.75 Å². The summed E-state index contributed by atoms with van der Waals surface area (Å²) in [5.41, 5.74) is 0.837. The zero-order valence-corrected chi connectivity index (χ0v) is 22.9. The third kappa shape index (κ3) is 5.99. The van der Waals surface area contributed by atoms with E-state index in [0.717, 1.165) is 25.7 Å². The molecule has 37 heavy (non-hydrogen) atoms. The Kier molecular flexibility index (Phi) is 7.94. The normalized spacial score (nSPS) is 18.2. The second-order valence-corrected chi connectivity index (χ2v) is 12.9. The number of amides is 2. The van der Waals surface area contributed by atoms with Gasteiger partial charge in [0.15, 0.2) is 0 Å². The minimum Gasteiger partial charge on any atom is -0.490 e. The number of anilines is 2. The highest BCUT2D eigenvalue weighted by molar-refractivity contribution is 7.89. The fourth-order valence-corrected chi connectivity index (χ4v) is 6.09.